The van der Waals surface area contributed by atoms with Gasteiger partial charge >= 0.3 is 0 Å². The van der Waals surface area contributed by atoms with E-state index in [1.54, 1.807) is 18.2 Å². The van der Waals surface area contributed by atoms with Gasteiger partial charge in [-0.25, -0.2) is 0 Å². The van der Waals surface area contributed by atoms with E-state index < -0.39 is 4.92 Å². The summed E-state index contributed by atoms with van der Waals surface area (Å²) >= 11 is 0. The third kappa shape index (κ3) is 6.52. The second-order valence-corrected chi connectivity index (χ2v) is 5.91. The van der Waals surface area contributed by atoms with Gasteiger partial charge in [-0.05, 0) is 18.6 Å². The van der Waals surface area contributed by atoms with Gasteiger partial charge in [-0.3, -0.25) is 14.9 Å². The summed E-state index contributed by atoms with van der Waals surface area (Å²) in [4.78, 5) is 24.3. The lowest BCUT2D eigenvalue weighted by atomic mass is 10.1. The molecule has 0 heterocycles. The summed E-state index contributed by atoms with van der Waals surface area (Å²) in [5.74, 6) is -0.299. The van der Waals surface area contributed by atoms with Crippen LogP contribution in [0.4, 0.5) is 11.4 Å². The molecule has 1 rings (SSSR count). The highest BCUT2D eigenvalue weighted by molar-refractivity contribution is 6.02. The normalized spacial score (nSPS) is 10.4. The summed E-state index contributed by atoms with van der Waals surface area (Å²) in [5, 5.41) is 11.2. The van der Waals surface area contributed by atoms with Crippen molar-refractivity contribution in [2.24, 2.45) is 0 Å². The molecule has 0 saturated carbocycles. The number of para-hydroxylation sites is 2. The number of nitro groups is 1. The molecule has 0 radical (unpaired) electrons. The van der Waals surface area contributed by atoms with Crippen LogP contribution in [0.15, 0.2) is 36.9 Å². The van der Waals surface area contributed by atoms with E-state index in [2.05, 4.69) is 13.5 Å². The van der Waals surface area contributed by atoms with Gasteiger partial charge in [0.2, 0.25) is 0 Å². The summed E-state index contributed by atoms with van der Waals surface area (Å²) < 4.78 is 0. The lowest BCUT2D eigenvalue weighted by molar-refractivity contribution is -0.384. The van der Waals surface area contributed by atoms with Crippen molar-refractivity contribution >= 4 is 17.3 Å². The Morgan fingerprint density at radius 3 is 2.29 bits per heavy atom. The number of anilines is 1. The van der Waals surface area contributed by atoms with Crippen LogP contribution in [0.5, 0.6) is 0 Å². The van der Waals surface area contributed by atoms with Crippen molar-refractivity contribution in [3.05, 3.63) is 47.0 Å². The molecule has 5 nitrogen and oxygen atoms in total. The van der Waals surface area contributed by atoms with E-state index >= 15 is 0 Å². The molecule has 0 N–H and O–H groups in total. The highest BCUT2D eigenvalue weighted by Gasteiger charge is 2.21. The van der Waals surface area contributed by atoms with Crippen LogP contribution in [-0.4, -0.2) is 17.4 Å². The van der Waals surface area contributed by atoms with E-state index in [0.717, 1.165) is 19.3 Å². The molecule has 0 aliphatic heterocycles. The number of benzene rings is 1. The average molecular weight is 332 g/mol. The molecule has 0 saturated heterocycles. The zero-order chi connectivity index (χ0) is 17.8. The monoisotopic (exact) mass is 332 g/mol. The lowest BCUT2D eigenvalue weighted by Crippen LogP contribution is -2.30. The molecule has 0 fully saturated rings. The summed E-state index contributed by atoms with van der Waals surface area (Å²) in [6.07, 6.45) is 10.5. The molecular weight excluding hydrogens is 304 g/mol. The molecule has 5 heteroatoms. The molecule has 0 atom stereocenters. The number of amides is 1. The molecule has 0 aliphatic carbocycles. The van der Waals surface area contributed by atoms with Crippen molar-refractivity contribution in [3.63, 3.8) is 0 Å². The van der Waals surface area contributed by atoms with Gasteiger partial charge in [-0.2, -0.15) is 0 Å². The topological polar surface area (TPSA) is 63.5 Å². The quantitative estimate of drug-likeness (QED) is 0.227. The highest BCUT2D eigenvalue weighted by atomic mass is 16.6. The Bertz CT molecular complexity index is 543. The third-order valence-electron chi connectivity index (χ3n) is 4.05. The van der Waals surface area contributed by atoms with Crippen molar-refractivity contribution in [2.75, 3.05) is 11.4 Å². The fourth-order valence-electron chi connectivity index (χ4n) is 2.71. The largest absolute Gasteiger partial charge is 0.303 e. The molecule has 0 aromatic heterocycles. The Morgan fingerprint density at radius 2 is 1.71 bits per heavy atom. The first-order valence-electron chi connectivity index (χ1n) is 8.79. The van der Waals surface area contributed by atoms with E-state index in [0.29, 0.717) is 12.2 Å². The van der Waals surface area contributed by atoms with Gasteiger partial charge in [0, 0.05) is 12.6 Å². The summed E-state index contributed by atoms with van der Waals surface area (Å²) in [6.45, 7) is 6.19. The van der Waals surface area contributed by atoms with Gasteiger partial charge in [0.25, 0.3) is 11.6 Å². The zero-order valence-electron chi connectivity index (χ0n) is 14.6. The van der Waals surface area contributed by atoms with Gasteiger partial charge in [-0.1, -0.05) is 70.6 Å². The van der Waals surface area contributed by atoms with Crippen molar-refractivity contribution in [1.82, 2.24) is 0 Å². The van der Waals surface area contributed by atoms with E-state index in [-0.39, 0.29) is 11.6 Å². The molecule has 132 valence electrons. The minimum absolute atomic E-state index is 0.0488. The van der Waals surface area contributed by atoms with Gasteiger partial charge < -0.3 is 4.90 Å². The Morgan fingerprint density at radius 1 is 1.12 bits per heavy atom. The second-order valence-electron chi connectivity index (χ2n) is 5.91. The number of nitro benzene ring substituents is 1. The SMILES string of the molecule is C=CC(=O)N(CCCCCCCCCC)c1ccccc1[N+](=O)[O-]. The molecule has 1 aromatic carbocycles. The number of carbonyl (C=O) groups is 1. The number of rotatable bonds is 12. The van der Waals surface area contributed by atoms with E-state index in [9.17, 15) is 14.9 Å². The number of nitrogens with zero attached hydrogens (tertiary/aromatic N) is 2. The first-order chi connectivity index (χ1) is 11.6. The van der Waals surface area contributed by atoms with Crippen LogP contribution < -0.4 is 4.90 Å². The number of hydrogen-bond acceptors (Lipinski definition) is 3. The molecule has 0 bridgehead atoms. The smallest absolute Gasteiger partial charge is 0.292 e. The van der Waals surface area contributed by atoms with Crippen LogP contribution in [0.25, 0.3) is 0 Å². The second kappa shape index (κ2) is 11.4. The minimum Gasteiger partial charge on any atom is -0.303 e. The van der Waals surface area contributed by atoms with Gasteiger partial charge in [-0.15, -0.1) is 0 Å². The van der Waals surface area contributed by atoms with Crippen LogP contribution in [0, 0.1) is 10.1 Å². The maximum Gasteiger partial charge on any atom is 0.292 e. The molecule has 0 spiro atoms. The van der Waals surface area contributed by atoms with Crippen molar-refractivity contribution in [2.45, 2.75) is 58.3 Å². The average Bonchev–Trinajstić information content (AvgIpc) is 2.60. The third-order valence-corrected chi connectivity index (χ3v) is 4.05. The van der Waals surface area contributed by atoms with Crippen LogP contribution in [0.1, 0.15) is 58.3 Å². The molecule has 1 aromatic rings. The van der Waals surface area contributed by atoms with E-state index in [1.807, 2.05) is 0 Å². The number of unbranched alkanes of at least 4 members (excludes halogenated alkanes) is 7. The van der Waals surface area contributed by atoms with Crippen LogP contribution >= 0.6 is 0 Å². The minimum atomic E-state index is -0.452. The number of carbonyl (C=O) groups excluding carboxylic acids is 1. The van der Waals surface area contributed by atoms with Crippen molar-refractivity contribution in [3.8, 4) is 0 Å². The molecular formula is C19H28N2O3. The molecule has 1 amide bonds. The maximum absolute atomic E-state index is 12.1. The molecule has 0 unspecified atom stereocenters. The maximum atomic E-state index is 12.1. The van der Waals surface area contributed by atoms with Crippen LogP contribution in [-0.2, 0) is 4.79 Å². The predicted molar refractivity (Wildman–Crippen MR) is 98.3 cm³/mol. The predicted octanol–water partition coefficient (Wildman–Crippen LogP) is 5.25. The lowest BCUT2D eigenvalue weighted by Gasteiger charge is -2.21. The fraction of sp³-hybridized carbons (Fsp3) is 0.526. The van der Waals surface area contributed by atoms with Crippen molar-refractivity contribution in [1.29, 1.82) is 0 Å². The van der Waals surface area contributed by atoms with E-state index in [1.165, 1.54) is 49.1 Å². The Balaban J connectivity index is 2.57. The standard InChI is InChI=1S/C19H28N2O3/c1-3-5-6-7-8-9-10-13-16-20(19(22)4-2)17-14-11-12-15-18(17)21(23)24/h4,11-12,14-15H,2-3,5-10,13,16H2,1H3. The summed E-state index contributed by atoms with van der Waals surface area (Å²) in [7, 11) is 0. The highest BCUT2D eigenvalue weighted by Crippen LogP contribution is 2.28. The Hall–Kier alpha value is -2.17. The summed E-state index contributed by atoms with van der Waals surface area (Å²) in [5.41, 5.74) is 0.294. The Labute approximate surface area is 144 Å². The molecule has 0 aliphatic rings. The van der Waals surface area contributed by atoms with Gasteiger partial charge in [0.1, 0.15) is 5.69 Å². The first-order valence-corrected chi connectivity index (χ1v) is 8.79. The fourth-order valence-corrected chi connectivity index (χ4v) is 2.71. The molecule has 24 heavy (non-hydrogen) atoms. The Kier molecular flexibility index (Phi) is 9.42. The number of hydrogen-bond donors (Lipinski definition) is 0. The first kappa shape index (κ1) is 19.9. The van der Waals surface area contributed by atoms with E-state index in [4.69, 9.17) is 0 Å². The zero-order valence-corrected chi connectivity index (χ0v) is 14.6. The van der Waals surface area contributed by atoms with Crippen LogP contribution in [0.2, 0.25) is 0 Å². The summed E-state index contributed by atoms with van der Waals surface area (Å²) in [6, 6.07) is 6.35. The van der Waals surface area contributed by atoms with Crippen molar-refractivity contribution < 1.29 is 9.72 Å². The van der Waals surface area contributed by atoms with Gasteiger partial charge in [0.15, 0.2) is 0 Å². The van der Waals surface area contributed by atoms with Crippen LogP contribution in [0.3, 0.4) is 0 Å². The van der Waals surface area contributed by atoms with Gasteiger partial charge in [0.05, 0.1) is 4.92 Å².